The average Bonchev–Trinajstić information content (AvgIpc) is 2.15. The molecule has 0 aromatic heterocycles. The van der Waals surface area contributed by atoms with Crippen LogP contribution >= 0.6 is 0 Å². The maximum atomic E-state index is 13.6. The molecule has 0 aliphatic carbocycles. The molecule has 1 aromatic carbocycles. The first-order valence-electron chi connectivity index (χ1n) is 5.15. The molecule has 1 aromatic rings. The van der Waals surface area contributed by atoms with Crippen molar-refractivity contribution in [2.45, 2.75) is 32.6 Å². The van der Waals surface area contributed by atoms with Crippen molar-refractivity contribution in [1.82, 2.24) is 0 Å². The molecule has 14 heavy (non-hydrogen) atoms. The highest BCUT2D eigenvalue weighted by Crippen LogP contribution is 2.25. The fourth-order valence-electron chi connectivity index (χ4n) is 1.74. The van der Waals surface area contributed by atoms with Crippen LogP contribution in [0.2, 0.25) is 0 Å². The highest BCUT2D eigenvalue weighted by atomic mass is 19.1. The average molecular weight is 195 g/mol. The quantitative estimate of drug-likeness (QED) is 0.785. The summed E-state index contributed by atoms with van der Waals surface area (Å²) in [5.74, 6) is 0.172. The molecule has 0 radical (unpaired) electrons. The molecule has 0 saturated heterocycles. The van der Waals surface area contributed by atoms with Gasteiger partial charge in [0, 0.05) is 0 Å². The molecule has 0 bridgehead atoms. The van der Waals surface area contributed by atoms with Gasteiger partial charge in [-0.05, 0) is 49.4 Å². The van der Waals surface area contributed by atoms with Gasteiger partial charge in [-0.3, -0.25) is 0 Å². The summed E-state index contributed by atoms with van der Waals surface area (Å²) < 4.78 is 13.6. The van der Waals surface area contributed by atoms with Crippen LogP contribution in [0, 0.1) is 12.7 Å². The molecule has 1 atom stereocenters. The van der Waals surface area contributed by atoms with E-state index >= 15 is 0 Å². The van der Waals surface area contributed by atoms with Crippen molar-refractivity contribution in [3.05, 3.63) is 35.1 Å². The fraction of sp³-hybridized carbons (Fsp3) is 0.500. The first-order valence-corrected chi connectivity index (χ1v) is 5.15. The smallest absolute Gasteiger partial charge is 0.126 e. The zero-order chi connectivity index (χ0) is 10.6. The van der Waals surface area contributed by atoms with Gasteiger partial charge in [-0.2, -0.15) is 0 Å². The summed E-state index contributed by atoms with van der Waals surface area (Å²) in [5.41, 5.74) is 7.28. The second-order valence-electron chi connectivity index (χ2n) is 3.71. The number of aryl methyl sites for hydroxylation is 1. The van der Waals surface area contributed by atoms with Gasteiger partial charge in [0.1, 0.15) is 5.82 Å². The molecule has 2 heteroatoms. The predicted octanol–water partition coefficient (Wildman–Crippen LogP) is 2.98. The Kier molecular flexibility index (Phi) is 4.08. The Labute approximate surface area is 85.1 Å². The molecule has 78 valence electrons. The van der Waals surface area contributed by atoms with Crippen LogP contribution in [0.25, 0.3) is 0 Å². The van der Waals surface area contributed by atoms with E-state index in [0.717, 1.165) is 24.0 Å². The van der Waals surface area contributed by atoms with Crippen molar-refractivity contribution < 1.29 is 4.39 Å². The van der Waals surface area contributed by atoms with E-state index in [0.29, 0.717) is 6.54 Å². The van der Waals surface area contributed by atoms with E-state index < -0.39 is 0 Å². The standard InChI is InChI=1S/C12H18FN/c1-3-10(6-7-14)11-5-4-9(2)8-12(11)13/h4-5,8,10H,3,6-7,14H2,1-2H3. The van der Waals surface area contributed by atoms with Gasteiger partial charge in [-0.1, -0.05) is 19.1 Å². The topological polar surface area (TPSA) is 26.0 Å². The number of halogens is 1. The third kappa shape index (κ3) is 2.55. The SMILES string of the molecule is CCC(CCN)c1ccc(C)cc1F. The summed E-state index contributed by atoms with van der Waals surface area (Å²) in [6, 6.07) is 5.43. The number of rotatable bonds is 4. The van der Waals surface area contributed by atoms with E-state index in [1.54, 1.807) is 6.07 Å². The summed E-state index contributed by atoms with van der Waals surface area (Å²) in [6.45, 7) is 4.59. The van der Waals surface area contributed by atoms with Gasteiger partial charge in [0.05, 0.1) is 0 Å². The van der Waals surface area contributed by atoms with E-state index in [1.165, 1.54) is 0 Å². The van der Waals surface area contributed by atoms with Crippen molar-refractivity contribution in [3.63, 3.8) is 0 Å². The lowest BCUT2D eigenvalue weighted by Crippen LogP contribution is -2.08. The lowest BCUT2D eigenvalue weighted by molar-refractivity contribution is 0.547. The number of hydrogen-bond acceptors (Lipinski definition) is 1. The summed E-state index contributed by atoms with van der Waals surface area (Å²) >= 11 is 0. The van der Waals surface area contributed by atoms with Gasteiger partial charge in [-0.15, -0.1) is 0 Å². The second kappa shape index (κ2) is 5.11. The second-order valence-corrected chi connectivity index (χ2v) is 3.71. The Bertz CT molecular complexity index is 296. The van der Waals surface area contributed by atoms with Gasteiger partial charge in [0.25, 0.3) is 0 Å². The largest absolute Gasteiger partial charge is 0.330 e. The van der Waals surface area contributed by atoms with Crippen molar-refractivity contribution in [1.29, 1.82) is 0 Å². The van der Waals surface area contributed by atoms with Gasteiger partial charge in [0.2, 0.25) is 0 Å². The molecule has 0 aliphatic rings. The van der Waals surface area contributed by atoms with Crippen LogP contribution < -0.4 is 5.73 Å². The lowest BCUT2D eigenvalue weighted by Gasteiger charge is -2.15. The number of nitrogens with two attached hydrogens (primary N) is 1. The zero-order valence-electron chi connectivity index (χ0n) is 8.89. The van der Waals surface area contributed by atoms with E-state index in [1.807, 2.05) is 19.1 Å². The molecular formula is C12H18FN. The first-order chi connectivity index (χ1) is 6.69. The van der Waals surface area contributed by atoms with Crippen LogP contribution in [0.5, 0.6) is 0 Å². The summed E-state index contributed by atoms with van der Waals surface area (Å²) in [6.07, 6.45) is 1.80. The highest BCUT2D eigenvalue weighted by molar-refractivity contribution is 5.26. The van der Waals surface area contributed by atoms with Crippen molar-refractivity contribution in [2.75, 3.05) is 6.54 Å². The Morgan fingerprint density at radius 2 is 2.14 bits per heavy atom. The highest BCUT2D eigenvalue weighted by Gasteiger charge is 2.12. The first kappa shape index (κ1) is 11.2. The monoisotopic (exact) mass is 195 g/mol. The molecule has 1 nitrogen and oxygen atoms in total. The molecule has 0 spiro atoms. The molecule has 1 unspecified atom stereocenters. The molecular weight excluding hydrogens is 177 g/mol. The van der Waals surface area contributed by atoms with Crippen molar-refractivity contribution in [3.8, 4) is 0 Å². The zero-order valence-corrected chi connectivity index (χ0v) is 8.89. The van der Waals surface area contributed by atoms with Crippen molar-refractivity contribution >= 4 is 0 Å². The normalized spacial score (nSPS) is 12.9. The Morgan fingerprint density at radius 3 is 2.64 bits per heavy atom. The molecule has 0 aliphatic heterocycles. The third-order valence-electron chi connectivity index (χ3n) is 2.60. The number of benzene rings is 1. The minimum absolute atomic E-state index is 0.0923. The summed E-state index contributed by atoms with van der Waals surface area (Å²) in [4.78, 5) is 0. The van der Waals surface area contributed by atoms with Crippen LogP contribution in [0.1, 0.15) is 36.8 Å². The van der Waals surface area contributed by atoms with E-state index in [-0.39, 0.29) is 11.7 Å². The number of hydrogen-bond donors (Lipinski definition) is 1. The molecule has 0 heterocycles. The fourth-order valence-corrected chi connectivity index (χ4v) is 1.74. The van der Waals surface area contributed by atoms with Gasteiger partial charge in [-0.25, -0.2) is 4.39 Å². The van der Waals surface area contributed by atoms with Crippen molar-refractivity contribution in [2.24, 2.45) is 5.73 Å². The molecule has 0 saturated carbocycles. The molecule has 0 amide bonds. The summed E-state index contributed by atoms with van der Waals surface area (Å²) in [7, 11) is 0. The van der Waals surface area contributed by atoms with Crippen LogP contribution in [0.4, 0.5) is 4.39 Å². The van der Waals surface area contributed by atoms with E-state index in [4.69, 9.17) is 5.73 Å². The Hall–Kier alpha value is -0.890. The van der Waals surface area contributed by atoms with Gasteiger partial charge in [0.15, 0.2) is 0 Å². The maximum absolute atomic E-state index is 13.6. The van der Waals surface area contributed by atoms with Gasteiger partial charge < -0.3 is 5.73 Å². The van der Waals surface area contributed by atoms with Crippen LogP contribution in [0.3, 0.4) is 0 Å². The maximum Gasteiger partial charge on any atom is 0.126 e. The third-order valence-corrected chi connectivity index (χ3v) is 2.60. The van der Waals surface area contributed by atoms with E-state index in [2.05, 4.69) is 6.92 Å². The van der Waals surface area contributed by atoms with Crippen LogP contribution in [0.15, 0.2) is 18.2 Å². The molecule has 0 fully saturated rings. The summed E-state index contributed by atoms with van der Waals surface area (Å²) in [5, 5.41) is 0. The minimum atomic E-state index is -0.0923. The minimum Gasteiger partial charge on any atom is -0.330 e. The van der Waals surface area contributed by atoms with E-state index in [9.17, 15) is 4.39 Å². The van der Waals surface area contributed by atoms with Crippen LogP contribution in [-0.4, -0.2) is 6.54 Å². The molecule has 1 rings (SSSR count). The lowest BCUT2D eigenvalue weighted by atomic mass is 9.92. The molecule has 2 N–H and O–H groups in total. The predicted molar refractivity (Wildman–Crippen MR) is 57.8 cm³/mol. The van der Waals surface area contributed by atoms with Gasteiger partial charge >= 0.3 is 0 Å². The Morgan fingerprint density at radius 1 is 1.43 bits per heavy atom. The Balaban J connectivity index is 2.92. The van der Waals surface area contributed by atoms with Crippen LogP contribution in [-0.2, 0) is 0 Å².